The summed E-state index contributed by atoms with van der Waals surface area (Å²) >= 11 is 3.41. The molecule has 2 fully saturated rings. The Labute approximate surface area is 86.9 Å². The molecule has 1 spiro atoms. The van der Waals surface area contributed by atoms with E-state index in [1.54, 1.807) is 0 Å². The third-order valence-electron chi connectivity index (χ3n) is 2.56. The predicted octanol–water partition coefficient (Wildman–Crippen LogP) is 1.69. The van der Waals surface area contributed by atoms with Crippen LogP contribution in [-0.4, -0.2) is 37.0 Å². The van der Waals surface area contributed by atoms with E-state index in [0.29, 0.717) is 6.61 Å². The molecule has 2 saturated heterocycles. The van der Waals surface area contributed by atoms with E-state index in [2.05, 4.69) is 15.9 Å². The van der Waals surface area contributed by atoms with E-state index in [4.69, 9.17) is 14.2 Å². The van der Waals surface area contributed by atoms with Crippen LogP contribution in [0.2, 0.25) is 0 Å². The fraction of sp³-hybridized carbons (Fsp3) is 1.00. The molecule has 0 saturated carbocycles. The van der Waals surface area contributed by atoms with Crippen LogP contribution in [0.25, 0.3) is 0 Å². The minimum absolute atomic E-state index is 0.220. The van der Waals surface area contributed by atoms with Gasteiger partial charge in [0.05, 0.1) is 19.3 Å². The Morgan fingerprint density at radius 3 is 3.00 bits per heavy atom. The van der Waals surface area contributed by atoms with Crippen LogP contribution >= 0.6 is 15.9 Å². The number of rotatable bonds is 1. The lowest BCUT2D eigenvalue weighted by atomic mass is 10.1. The van der Waals surface area contributed by atoms with Crippen LogP contribution < -0.4 is 0 Å². The lowest BCUT2D eigenvalue weighted by Gasteiger charge is -2.25. The lowest BCUT2D eigenvalue weighted by molar-refractivity contribution is -0.174. The summed E-state index contributed by atoms with van der Waals surface area (Å²) < 4.78 is 17.0. The van der Waals surface area contributed by atoms with Crippen molar-refractivity contribution in [3.8, 4) is 0 Å². The zero-order valence-electron chi connectivity index (χ0n) is 7.63. The van der Waals surface area contributed by atoms with Gasteiger partial charge in [-0.15, -0.1) is 0 Å². The monoisotopic (exact) mass is 250 g/mol. The van der Waals surface area contributed by atoms with Crippen LogP contribution in [0.4, 0.5) is 0 Å². The molecule has 0 aromatic carbocycles. The van der Waals surface area contributed by atoms with E-state index in [-0.39, 0.29) is 11.9 Å². The molecule has 2 atom stereocenters. The second-order valence-electron chi connectivity index (χ2n) is 3.58. The van der Waals surface area contributed by atoms with Gasteiger partial charge in [0.1, 0.15) is 0 Å². The molecule has 2 unspecified atom stereocenters. The minimum atomic E-state index is -0.324. The van der Waals surface area contributed by atoms with E-state index in [9.17, 15) is 0 Å². The molecule has 2 rings (SSSR count). The van der Waals surface area contributed by atoms with Gasteiger partial charge in [-0.25, -0.2) is 0 Å². The van der Waals surface area contributed by atoms with Crippen molar-refractivity contribution in [3.63, 3.8) is 0 Å². The van der Waals surface area contributed by atoms with Gasteiger partial charge in [0.15, 0.2) is 5.79 Å². The number of halogens is 1. The van der Waals surface area contributed by atoms with Crippen LogP contribution in [0.5, 0.6) is 0 Å². The van der Waals surface area contributed by atoms with Crippen LogP contribution in [0.15, 0.2) is 0 Å². The summed E-state index contributed by atoms with van der Waals surface area (Å²) in [6.07, 6.45) is 3.10. The highest BCUT2D eigenvalue weighted by atomic mass is 79.9. The zero-order valence-corrected chi connectivity index (χ0v) is 9.22. The van der Waals surface area contributed by atoms with Gasteiger partial charge in [-0.05, 0) is 6.42 Å². The fourth-order valence-corrected chi connectivity index (χ4v) is 2.17. The van der Waals surface area contributed by atoms with Crippen molar-refractivity contribution in [3.05, 3.63) is 0 Å². The minimum Gasteiger partial charge on any atom is -0.381 e. The first kappa shape index (κ1) is 9.90. The van der Waals surface area contributed by atoms with Gasteiger partial charge < -0.3 is 14.2 Å². The summed E-state index contributed by atoms with van der Waals surface area (Å²) in [4.78, 5) is 0. The van der Waals surface area contributed by atoms with E-state index in [0.717, 1.165) is 37.8 Å². The molecule has 76 valence electrons. The molecule has 0 aliphatic carbocycles. The van der Waals surface area contributed by atoms with Crippen molar-refractivity contribution >= 4 is 15.9 Å². The summed E-state index contributed by atoms with van der Waals surface area (Å²) in [5.41, 5.74) is 0. The third kappa shape index (κ3) is 2.24. The van der Waals surface area contributed by atoms with Crippen LogP contribution in [0.1, 0.15) is 19.3 Å². The summed E-state index contributed by atoms with van der Waals surface area (Å²) in [5.74, 6) is -0.324. The predicted molar refractivity (Wildman–Crippen MR) is 52.0 cm³/mol. The van der Waals surface area contributed by atoms with Gasteiger partial charge in [-0.3, -0.25) is 0 Å². The Hall–Kier alpha value is 0.360. The van der Waals surface area contributed by atoms with Crippen molar-refractivity contribution in [1.82, 2.24) is 0 Å². The first-order valence-electron chi connectivity index (χ1n) is 4.80. The van der Waals surface area contributed by atoms with Crippen LogP contribution in [-0.2, 0) is 14.2 Å². The first-order valence-corrected chi connectivity index (χ1v) is 5.92. The molecule has 2 aliphatic heterocycles. The highest BCUT2D eigenvalue weighted by Crippen LogP contribution is 2.33. The number of ether oxygens (including phenoxy) is 3. The number of alkyl halides is 1. The van der Waals surface area contributed by atoms with Gasteiger partial charge in [-0.2, -0.15) is 0 Å². The van der Waals surface area contributed by atoms with E-state index < -0.39 is 0 Å². The summed E-state index contributed by atoms with van der Waals surface area (Å²) in [6.45, 7) is 2.31. The smallest absolute Gasteiger partial charge is 0.171 e. The van der Waals surface area contributed by atoms with Crippen molar-refractivity contribution in [2.45, 2.75) is 31.2 Å². The fourth-order valence-electron chi connectivity index (χ4n) is 1.85. The standard InChI is InChI=1S/C9H15BrO3/c10-6-8-7-12-9(13-8)2-1-4-11-5-3-9/h8H,1-7H2. The lowest BCUT2D eigenvalue weighted by Crippen LogP contribution is -2.31. The SMILES string of the molecule is BrCC1COC2(CCCOCC2)O1. The Morgan fingerprint density at radius 2 is 2.23 bits per heavy atom. The molecular weight excluding hydrogens is 236 g/mol. The molecule has 0 aromatic rings. The second kappa shape index (κ2) is 4.26. The van der Waals surface area contributed by atoms with Gasteiger partial charge >= 0.3 is 0 Å². The molecule has 2 heterocycles. The Balaban J connectivity index is 1.95. The molecule has 4 heteroatoms. The zero-order chi connectivity index (χ0) is 9.15. The first-order chi connectivity index (χ1) is 6.35. The van der Waals surface area contributed by atoms with E-state index in [1.807, 2.05) is 0 Å². The van der Waals surface area contributed by atoms with Gasteiger partial charge in [0.25, 0.3) is 0 Å². The number of hydrogen-bond donors (Lipinski definition) is 0. The molecule has 13 heavy (non-hydrogen) atoms. The van der Waals surface area contributed by atoms with Crippen molar-refractivity contribution in [1.29, 1.82) is 0 Å². The molecule has 0 bridgehead atoms. The van der Waals surface area contributed by atoms with Gasteiger partial charge in [-0.1, -0.05) is 15.9 Å². The average Bonchev–Trinajstić information content (AvgIpc) is 2.40. The van der Waals surface area contributed by atoms with Crippen molar-refractivity contribution in [2.75, 3.05) is 25.2 Å². The summed E-state index contributed by atoms with van der Waals surface area (Å²) in [5, 5.41) is 0.857. The molecule has 3 nitrogen and oxygen atoms in total. The molecular formula is C9H15BrO3. The molecule has 0 aromatic heterocycles. The summed E-state index contributed by atoms with van der Waals surface area (Å²) in [6, 6.07) is 0. The molecule has 0 amide bonds. The average molecular weight is 251 g/mol. The molecule has 0 N–H and O–H groups in total. The van der Waals surface area contributed by atoms with E-state index in [1.165, 1.54) is 0 Å². The van der Waals surface area contributed by atoms with Crippen LogP contribution in [0, 0.1) is 0 Å². The highest BCUT2D eigenvalue weighted by molar-refractivity contribution is 9.09. The summed E-state index contributed by atoms with van der Waals surface area (Å²) in [7, 11) is 0. The topological polar surface area (TPSA) is 27.7 Å². The maximum Gasteiger partial charge on any atom is 0.171 e. The van der Waals surface area contributed by atoms with Crippen molar-refractivity contribution < 1.29 is 14.2 Å². The largest absolute Gasteiger partial charge is 0.381 e. The number of hydrogen-bond acceptors (Lipinski definition) is 3. The highest BCUT2D eigenvalue weighted by Gasteiger charge is 2.41. The maximum absolute atomic E-state index is 5.87. The Morgan fingerprint density at radius 1 is 1.31 bits per heavy atom. The van der Waals surface area contributed by atoms with Crippen molar-refractivity contribution in [2.24, 2.45) is 0 Å². The Kier molecular flexibility index (Phi) is 3.24. The molecule has 0 radical (unpaired) electrons. The third-order valence-corrected chi connectivity index (χ3v) is 3.28. The van der Waals surface area contributed by atoms with E-state index >= 15 is 0 Å². The molecule has 2 aliphatic rings. The van der Waals surface area contributed by atoms with Gasteiger partial charge in [0.2, 0.25) is 0 Å². The Bertz CT molecular complexity index is 166. The maximum atomic E-state index is 5.87. The normalized spacial score (nSPS) is 40.8. The van der Waals surface area contributed by atoms with Gasteiger partial charge in [0, 0.05) is 24.8 Å². The van der Waals surface area contributed by atoms with Crippen LogP contribution in [0.3, 0.4) is 0 Å². The quantitative estimate of drug-likeness (QED) is 0.664. The second-order valence-corrected chi connectivity index (χ2v) is 4.23.